The molecule has 30 heavy (non-hydrogen) atoms. The van der Waals surface area contributed by atoms with Crippen LogP contribution >= 0.6 is 11.6 Å². The zero-order valence-electron chi connectivity index (χ0n) is 16.2. The van der Waals surface area contributed by atoms with Crippen LogP contribution in [-0.4, -0.2) is 32.0 Å². The summed E-state index contributed by atoms with van der Waals surface area (Å²) >= 11 is 5.93. The fourth-order valence-corrected chi connectivity index (χ4v) is 3.43. The molecule has 0 atom stereocenters. The summed E-state index contributed by atoms with van der Waals surface area (Å²) in [6.45, 7) is 4.80. The Bertz CT molecular complexity index is 1180. The Morgan fingerprint density at radius 1 is 1.30 bits per heavy atom. The zero-order chi connectivity index (χ0) is 20.7. The zero-order valence-corrected chi connectivity index (χ0v) is 16.9. The molecular formula is C21H20ClN7O. The van der Waals surface area contributed by atoms with Gasteiger partial charge >= 0.3 is 0 Å². The van der Waals surface area contributed by atoms with Gasteiger partial charge in [0.05, 0.1) is 17.6 Å². The number of aromatic nitrogens is 4. The maximum atomic E-state index is 11.7. The number of halogens is 1. The maximum absolute atomic E-state index is 11.7. The van der Waals surface area contributed by atoms with E-state index in [0.717, 1.165) is 23.5 Å². The van der Waals surface area contributed by atoms with Gasteiger partial charge in [0.2, 0.25) is 5.91 Å². The summed E-state index contributed by atoms with van der Waals surface area (Å²) in [6.07, 6.45) is 8.04. The molecule has 3 aromatic rings. The smallest absolute Gasteiger partial charge is 0.228 e. The molecule has 0 radical (unpaired) electrons. The molecule has 1 saturated carbocycles. The molecule has 1 saturated heterocycles. The van der Waals surface area contributed by atoms with Crippen molar-refractivity contribution in [2.75, 3.05) is 17.2 Å². The predicted octanol–water partition coefficient (Wildman–Crippen LogP) is 3.76. The van der Waals surface area contributed by atoms with Crippen molar-refractivity contribution in [3.05, 3.63) is 59.0 Å². The number of amides is 1. The molecule has 152 valence electrons. The average molecular weight is 422 g/mol. The van der Waals surface area contributed by atoms with Crippen LogP contribution in [0.15, 0.2) is 48.4 Å². The van der Waals surface area contributed by atoms with Crippen LogP contribution in [0.2, 0.25) is 5.02 Å². The topological polar surface area (TPSA) is 96.2 Å². The third-order valence-electron chi connectivity index (χ3n) is 5.11. The molecule has 3 aromatic heterocycles. The van der Waals surface area contributed by atoms with Gasteiger partial charge in [0, 0.05) is 30.1 Å². The molecule has 3 N–H and O–H groups in total. The number of allylic oxidation sites excluding steroid dienone is 1. The molecule has 1 aliphatic heterocycles. The molecule has 0 bridgehead atoms. The normalized spacial score (nSPS) is 17.6. The second-order valence-corrected chi connectivity index (χ2v) is 7.98. The molecule has 9 heteroatoms. The van der Waals surface area contributed by atoms with Gasteiger partial charge in [-0.15, -0.1) is 0 Å². The van der Waals surface area contributed by atoms with E-state index in [1.807, 2.05) is 12.1 Å². The van der Waals surface area contributed by atoms with Gasteiger partial charge in [-0.05, 0) is 42.5 Å². The van der Waals surface area contributed by atoms with Crippen molar-refractivity contribution in [3.8, 4) is 0 Å². The molecule has 5 rings (SSSR count). The molecule has 8 nitrogen and oxygen atoms in total. The van der Waals surface area contributed by atoms with Crippen LogP contribution in [0.3, 0.4) is 0 Å². The molecule has 0 aromatic carbocycles. The summed E-state index contributed by atoms with van der Waals surface area (Å²) < 4.78 is 1.78. The number of nitrogens with zero attached hydrogens (tertiary/aromatic N) is 4. The maximum Gasteiger partial charge on any atom is 0.228 e. The summed E-state index contributed by atoms with van der Waals surface area (Å²) in [5.74, 6) is 2.77. The van der Waals surface area contributed by atoms with E-state index in [2.05, 4.69) is 32.6 Å². The Hall–Kier alpha value is -3.39. The van der Waals surface area contributed by atoms with E-state index in [4.69, 9.17) is 16.6 Å². The standard InChI is InChI=1S/C21H20ClN7O/c1-12-14(7-20(30)26-12)6-15-10-25-29-19(24-9-13-2-3-13)8-18(28-21(15)29)27-17-5-4-16(22)11-23-17/h4-6,8,10-11,13,24H,1-3,7,9H2,(H,26,30)(H,23,27,28)/b14-6+. The first-order valence-corrected chi connectivity index (χ1v) is 10.1. The molecule has 1 amide bonds. The van der Waals surface area contributed by atoms with E-state index in [-0.39, 0.29) is 5.91 Å². The number of anilines is 3. The lowest BCUT2D eigenvalue weighted by atomic mass is 10.1. The largest absolute Gasteiger partial charge is 0.370 e. The van der Waals surface area contributed by atoms with Gasteiger partial charge in [-0.2, -0.15) is 9.61 Å². The van der Waals surface area contributed by atoms with E-state index in [0.29, 0.717) is 40.3 Å². The molecule has 2 fully saturated rings. The lowest BCUT2D eigenvalue weighted by molar-refractivity contribution is -0.118. The summed E-state index contributed by atoms with van der Waals surface area (Å²) in [5, 5.41) is 14.5. The minimum absolute atomic E-state index is 0.0568. The van der Waals surface area contributed by atoms with E-state index in [1.54, 1.807) is 29.0 Å². The van der Waals surface area contributed by atoms with Gasteiger partial charge in [-0.25, -0.2) is 9.97 Å². The van der Waals surface area contributed by atoms with Crippen LogP contribution in [0.1, 0.15) is 24.8 Å². The number of hydrogen-bond acceptors (Lipinski definition) is 6. The fourth-order valence-electron chi connectivity index (χ4n) is 3.32. The number of nitrogens with one attached hydrogen (secondary N) is 3. The van der Waals surface area contributed by atoms with Crippen molar-refractivity contribution in [3.63, 3.8) is 0 Å². The highest BCUT2D eigenvalue weighted by Crippen LogP contribution is 2.30. The second-order valence-electron chi connectivity index (χ2n) is 7.55. The number of rotatable bonds is 6. The lowest BCUT2D eigenvalue weighted by Crippen LogP contribution is -2.10. The van der Waals surface area contributed by atoms with Crippen molar-refractivity contribution >= 4 is 46.7 Å². The summed E-state index contributed by atoms with van der Waals surface area (Å²) in [4.78, 5) is 20.7. The van der Waals surface area contributed by atoms with E-state index in [1.165, 1.54) is 12.8 Å². The monoisotopic (exact) mass is 421 g/mol. The van der Waals surface area contributed by atoms with Gasteiger partial charge < -0.3 is 16.0 Å². The van der Waals surface area contributed by atoms with Gasteiger partial charge in [0.25, 0.3) is 0 Å². The molecule has 0 unspecified atom stereocenters. The predicted molar refractivity (Wildman–Crippen MR) is 117 cm³/mol. The van der Waals surface area contributed by atoms with Crippen LogP contribution < -0.4 is 16.0 Å². The minimum Gasteiger partial charge on any atom is -0.370 e. The first-order valence-electron chi connectivity index (χ1n) is 9.76. The highest BCUT2D eigenvalue weighted by atomic mass is 35.5. The Labute approximate surface area is 178 Å². The number of pyridine rings is 1. The third-order valence-corrected chi connectivity index (χ3v) is 5.33. The minimum atomic E-state index is -0.0568. The fraction of sp³-hybridized carbons (Fsp3) is 0.238. The van der Waals surface area contributed by atoms with Crippen LogP contribution in [0.25, 0.3) is 11.7 Å². The number of hydrogen-bond donors (Lipinski definition) is 3. The van der Waals surface area contributed by atoms with Crippen molar-refractivity contribution in [1.29, 1.82) is 0 Å². The van der Waals surface area contributed by atoms with Crippen molar-refractivity contribution in [2.45, 2.75) is 19.3 Å². The van der Waals surface area contributed by atoms with Crippen LogP contribution in [-0.2, 0) is 4.79 Å². The van der Waals surface area contributed by atoms with Gasteiger partial charge in [0.1, 0.15) is 17.5 Å². The highest BCUT2D eigenvalue weighted by molar-refractivity contribution is 6.30. The Balaban J connectivity index is 1.54. The average Bonchev–Trinajstić information content (AvgIpc) is 3.39. The highest BCUT2D eigenvalue weighted by Gasteiger charge is 2.22. The Morgan fingerprint density at radius 2 is 2.17 bits per heavy atom. The molecule has 2 aliphatic rings. The van der Waals surface area contributed by atoms with Crippen molar-refractivity contribution in [2.24, 2.45) is 5.92 Å². The van der Waals surface area contributed by atoms with E-state index >= 15 is 0 Å². The number of carbonyl (C=O) groups excluding carboxylic acids is 1. The van der Waals surface area contributed by atoms with E-state index in [9.17, 15) is 4.79 Å². The SMILES string of the molecule is C=C1NC(=O)C/C1=C\c1cnn2c(NCC3CC3)cc(Nc3ccc(Cl)cn3)nc12. The first-order chi connectivity index (χ1) is 14.5. The quantitative estimate of drug-likeness (QED) is 0.560. The third kappa shape index (κ3) is 3.86. The van der Waals surface area contributed by atoms with Crippen LogP contribution in [0.4, 0.5) is 17.5 Å². The Morgan fingerprint density at radius 3 is 2.87 bits per heavy atom. The summed E-state index contributed by atoms with van der Waals surface area (Å²) in [7, 11) is 0. The van der Waals surface area contributed by atoms with Gasteiger partial charge in [0.15, 0.2) is 5.65 Å². The first kappa shape index (κ1) is 18.6. The second kappa shape index (κ2) is 7.46. The van der Waals surface area contributed by atoms with Crippen LogP contribution in [0.5, 0.6) is 0 Å². The summed E-state index contributed by atoms with van der Waals surface area (Å²) in [5.41, 5.74) is 2.93. The lowest BCUT2D eigenvalue weighted by Gasteiger charge is -2.11. The van der Waals surface area contributed by atoms with Crippen molar-refractivity contribution < 1.29 is 4.79 Å². The van der Waals surface area contributed by atoms with Gasteiger partial charge in [-0.3, -0.25) is 4.79 Å². The van der Waals surface area contributed by atoms with Crippen molar-refractivity contribution in [1.82, 2.24) is 24.9 Å². The molecule has 1 aliphatic carbocycles. The number of fused-ring (bicyclic) bond motifs is 1. The van der Waals surface area contributed by atoms with Crippen LogP contribution in [0, 0.1) is 5.92 Å². The summed E-state index contributed by atoms with van der Waals surface area (Å²) in [6, 6.07) is 5.48. The van der Waals surface area contributed by atoms with Gasteiger partial charge in [-0.1, -0.05) is 18.2 Å². The molecule has 4 heterocycles. The number of carbonyl (C=O) groups is 1. The molecule has 0 spiro atoms. The molecular weight excluding hydrogens is 402 g/mol. The Kier molecular flexibility index (Phi) is 4.63. The van der Waals surface area contributed by atoms with E-state index < -0.39 is 0 Å².